The number of amides is 1. The largest absolute Gasteiger partial charge is 0.457 e. The van der Waals surface area contributed by atoms with Crippen LogP contribution in [0.15, 0.2) is 66.7 Å². The summed E-state index contributed by atoms with van der Waals surface area (Å²) in [7, 11) is 0. The molecule has 182 valence electrons. The lowest BCUT2D eigenvalue weighted by molar-refractivity contribution is -0.119. The van der Waals surface area contributed by atoms with Gasteiger partial charge in [-0.05, 0) is 58.7 Å². The van der Waals surface area contributed by atoms with E-state index in [1.165, 1.54) is 5.56 Å². The first-order valence-electron chi connectivity index (χ1n) is 11.8. The molecule has 1 aliphatic rings. The number of esters is 1. The van der Waals surface area contributed by atoms with Crippen molar-refractivity contribution < 1.29 is 14.3 Å². The number of carbonyl (C=O) groups is 2. The minimum Gasteiger partial charge on any atom is -0.457 e. The van der Waals surface area contributed by atoms with Crippen LogP contribution < -0.4 is 10.6 Å². The van der Waals surface area contributed by atoms with Crippen LogP contribution in [0.4, 0.5) is 5.69 Å². The zero-order chi connectivity index (χ0) is 25.2. The van der Waals surface area contributed by atoms with Crippen molar-refractivity contribution in [3.8, 4) is 0 Å². The molecule has 0 radical (unpaired) electrons. The van der Waals surface area contributed by atoms with Crippen LogP contribution in [0.3, 0.4) is 0 Å². The number of hydrogen-bond acceptors (Lipinski definition) is 4. The summed E-state index contributed by atoms with van der Waals surface area (Å²) < 4.78 is 5.72. The van der Waals surface area contributed by atoms with Gasteiger partial charge >= 0.3 is 5.97 Å². The summed E-state index contributed by atoms with van der Waals surface area (Å²) in [6.45, 7) is 7.24. The Morgan fingerprint density at radius 2 is 1.77 bits per heavy atom. The number of halogens is 1. The van der Waals surface area contributed by atoms with E-state index in [-0.39, 0.29) is 12.0 Å². The fraction of sp³-hybridized carbons (Fsp3) is 0.310. The Labute approximate surface area is 211 Å². The number of rotatable bonds is 6. The molecule has 0 bridgehead atoms. The van der Waals surface area contributed by atoms with Crippen LogP contribution in [0.5, 0.6) is 0 Å². The fourth-order valence-corrected chi connectivity index (χ4v) is 4.81. The SMILES string of the molecule is CC(C)(C)c1ccc(COC(=O)c2cccc3c2N(C(C(N)=O)c2cccc(Cl)c2)CCC3)cc1. The molecule has 4 rings (SSSR count). The number of primary amides is 1. The minimum atomic E-state index is -0.744. The second-order valence-electron chi connectivity index (χ2n) is 9.99. The van der Waals surface area contributed by atoms with E-state index in [1.54, 1.807) is 24.3 Å². The number of ether oxygens (including phenoxy) is 1. The third-order valence-electron chi connectivity index (χ3n) is 6.41. The summed E-state index contributed by atoms with van der Waals surface area (Å²) in [5.41, 5.74) is 10.9. The minimum absolute atomic E-state index is 0.0573. The van der Waals surface area contributed by atoms with E-state index in [0.717, 1.165) is 24.0 Å². The molecule has 5 nitrogen and oxygen atoms in total. The number of carbonyl (C=O) groups excluding carboxylic acids is 2. The van der Waals surface area contributed by atoms with Gasteiger partial charge in [0.15, 0.2) is 0 Å². The highest BCUT2D eigenvalue weighted by atomic mass is 35.5. The lowest BCUT2D eigenvalue weighted by atomic mass is 9.87. The maximum atomic E-state index is 13.3. The Hall–Kier alpha value is -3.31. The first kappa shape index (κ1) is 24.8. The molecule has 0 fully saturated rings. The Morgan fingerprint density at radius 1 is 1.06 bits per heavy atom. The standard InChI is InChI=1S/C29H31ClN2O3/c1-29(2,3)22-14-12-19(13-15-22)18-35-28(34)24-11-5-7-20-9-6-16-32(25(20)24)26(27(31)33)21-8-4-10-23(30)17-21/h4-5,7-8,10-15,17,26H,6,9,16,18H2,1-3H3,(H2,31,33). The van der Waals surface area contributed by atoms with Crippen LogP contribution in [0.1, 0.15) is 65.8 Å². The van der Waals surface area contributed by atoms with Crippen LogP contribution in [0, 0.1) is 0 Å². The molecule has 1 heterocycles. The molecule has 0 spiro atoms. The predicted molar refractivity (Wildman–Crippen MR) is 140 cm³/mol. The van der Waals surface area contributed by atoms with Crippen molar-refractivity contribution in [2.45, 2.75) is 51.7 Å². The Morgan fingerprint density at radius 3 is 2.43 bits per heavy atom. The van der Waals surface area contributed by atoms with Gasteiger partial charge in [-0.15, -0.1) is 0 Å². The topological polar surface area (TPSA) is 72.6 Å². The molecule has 3 aromatic rings. The van der Waals surface area contributed by atoms with E-state index in [0.29, 0.717) is 28.4 Å². The van der Waals surface area contributed by atoms with Crippen molar-refractivity contribution in [1.82, 2.24) is 0 Å². The highest BCUT2D eigenvalue weighted by Gasteiger charge is 2.33. The van der Waals surface area contributed by atoms with Gasteiger partial charge in [-0.2, -0.15) is 0 Å². The first-order chi connectivity index (χ1) is 16.6. The lowest BCUT2D eigenvalue weighted by Crippen LogP contribution is -2.41. The van der Waals surface area contributed by atoms with Gasteiger partial charge in [0.25, 0.3) is 0 Å². The summed E-state index contributed by atoms with van der Waals surface area (Å²) in [5, 5.41) is 0.524. The Kier molecular flexibility index (Phi) is 7.18. The van der Waals surface area contributed by atoms with E-state index >= 15 is 0 Å². The summed E-state index contributed by atoms with van der Waals surface area (Å²) in [4.78, 5) is 27.8. The summed E-state index contributed by atoms with van der Waals surface area (Å²) >= 11 is 6.20. The van der Waals surface area contributed by atoms with Crippen molar-refractivity contribution in [2.24, 2.45) is 5.73 Å². The second-order valence-corrected chi connectivity index (χ2v) is 10.4. The Balaban J connectivity index is 1.62. The molecule has 35 heavy (non-hydrogen) atoms. The number of nitrogens with zero attached hydrogens (tertiary/aromatic N) is 1. The smallest absolute Gasteiger partial charge is 0.340 e. The van der Waals surface area contributed by atoms with Gasteiger partial charge in [-0.3, -0.25) is 4.79 Å². The van der Waals surface area contributed by atoms with Gasteiger partial charge in [0, 0.05) is 11.6 Å². The summed E-state index contributed by atoms with van der Waals surface area (Å²) in [6.07, 6.45) is 1.65. The summed E-state index contributed by atoms with van der Waals surface area (Å²) in [5.74, 6) is -0.926. The number of benzene rings is 3. The Bertz CT molecular complexity index is 1230. The van der Waals surface area contributed by atoms with Gasteiger partial charge in [0.2, 0.25) is 5.91 Å². The molecule has 1 atom stereocenters. The molecule has 2 N–H and O–H groups in total. The highest BCUT2D eigenvalue weighted by molar-refractivity contribution is 6.30. The van der Waals surface area contributed by atoms with Crippen LogP contribution in [-0.2, 0) is 28.0 Å². The number of para-hydroxylation sites is 1. The van der Waals surface area contributed by atoms with Crippen LogP contribution in [-0.4, -0.2) is 18.4 Å². The van der Waals surface area contributed by atoms with E-state index in [1.807, 2.05) is 35.2 Å². The maximum absolute atomic E-state index is 13.3. The lowest BCUT2D eigenvalue weighted by Gasteiger charge is -2.37. The van der Waals surface area contributed by atoms with Gasteiger partial charge in [0.05, 0.1) is 11.3 Å². The monoisotopic (exact) mass is 490 g/mol. The van der Waals surface area contributed by atoms with Crippen LogP contribution in [0.2, 0.25) is 5.02 Å². The zero-order valence-electron chi connectivity index (χ0n) is 20.4. The van der Waals surface area contributed by atoms with E-state index < -0.39 is 17.9 Å². The molecule has 0 saturated heterocycles. The molecule has 1 unspecified atom stereocenters. The van der Waals surface area contributed by atoms with E-state index in [2.05, 4.69) is 32.9 Å². The van der Waals surface area contributed by atoms with Crippen molar-refractivity contribution >= 4 is 29.2 Å². The third kappa shape index (κ3) is 5.51. The van der Waals surface area contributed by atoms with Crippen LogP contribution in [0.25, 0.3) is 0 Å². The summed E-state index contributed by atoms with van der Waals surface area (Å²) in [6, 6.07) is 20.1. The number of aryl methyl sites for hydroxylation is 1. The number of nitrogens with two attached hydrogens (primary N) is 1. The van der Waals surface area contributed by atoms with Crippen molar-refractivity contribution in [3.05, 3.63) is 99.6 Å². The molecule has 0 aliphatic carbocycles. The normalized spacial score (nSPS) is 14.2. The molecule has 1 aliphatic heterocycles. The maximum Gasteiger partial charge on any atom is 0.340 e. The molecule has 6 heteroatoms. The van der Waals surface area contributed by atoms with Gasteiger partial charge in [-0.25, -0.2) is 4.79 Å². The zero-order valence-corrected chi connectivity index (χ0v) is 21.1. The fourth-order valence-electron chi connectivity index (χ4n) is 4.61. The molecule has 3 aromatic carbocycles. The van der Waals surface area contributed by atoms with Crippen molar-refractivity contribution in [3.63, 3.8) is 0 Å². The quantitative estimate of drug-likeness (QED) is 0.432. The third-order valence-corrected chi connectivity index (χ3v) is 6.64. The van der Waals surface area contributed by atoms with Gasteiger partial charge in [-0.1, -0.05) is 80.9 Å². The van der Waals surface area contributed by atoms with E-state index in [4.69, 9.17) is 22.1 Å². The average Bonchev–Trinajstić information content (AvgIpc) is 2.82. The molecule has 0 aromatic heterocycles. The van der Waals surface area contributed by atoms with E-state index in [9.17, 15) is 9.59 Å². The number of fused-ring (bicyclic) bond motifs is 1. The molecule has 0 saturated carbocycles. The second kappa shape index (κ2) is 10.1. The predicted octanol–water partition coefficient (Wildman–Crippen LogP) is 5.97. The van der Waals surface area contributed by atoms with Gasteiger partial charge in [0.1, 0.15) is 12.6 Å². The first-order valence-corrected chi connectivity index (χ1v) is 12.2. The molecule has 1 amide bonds. The average molecular weight is 491 g/mol. The van der Waals surface area contributed by atoms with Crippen molar-refractivity contribution in [1.29, 1.82) is 0 Å². The van der Waals surface area contributed by atoms with Crippen LogP contribution >= 0.6 is 11.6 Å². The number of hydrogen-bond donors (Lipinski definition) is 1. The number of anilines is 1. The highest BCUT2D eigenvalue weighted by Crippen LogP contribution is 2.38. The molecular weight excluding hydrogens is 460 g/mol. The van der Waals surface area contributed by atoms with Gasteiger partial charge < -0.3 is 15.4 Å². The molecular formula is C29H31ClN2O3. The van der Waals surface area contributed by atoms with Crippen molar-refractivity contribution in [2.75, 3.05) is 11.4 Å².